The molecule has 7 heteroatoms. The second kappa shape index (κ2) is 9.47. The molecule has 2 aliphatic rings. The number of aryl methyl sites for hydroxylation is 2. The molecule has 1 amide bonds. The molecule has 36 heavy (non-hydrogen) atoms. The highest BCUT2D eigenvalue weighted by molar-refractivity contribution is 7.99. The van der Waals surface area contributed by atoms with Gasteiger partial charge in [-0.05, 0) is 86.2 Å². The van der Waals surface area contributed by atoms with Gasteiger partial charge in [0.15, 0.2) is 0 Å². The zero-order valence-corrected chi connectivity index (χ0v) is 21.1. The van der Waals surface area contributed by atoms with Crippen molar-refractivity contribution in [2.45, 2.75) is 44.2 Å². The third kappa shape index (κ3) is 4.17. The van der Waals surface area contributed by atoms with Gasteiger partial charge in [0.05, 0.1) is 34.5 Å². The van der Waals surface area contributed by atoms with Gasteiger partial charge in [0, 0.05) is 11.3 Å². The predicted octanol–water partition coefficient (Wildman–Crippen LogP) is 6.95. The molecule has 1 fully saturated rings. The van der Waals surface area contributed by atoms with Crippen LogP contribution in [0.4, 0.5) is 0 Å². The molecular formula is C29H27N3O3S. The maximum absolute atomic E-state index is 13.6. The summed E-state index contributed by atoms with van der Waals surface area (Å²) in [5, 5.41) is 8.54. The maximum Gasteiger partial charge on any atom is 0.253 e. The predicted molar refractivity (Wildman–Crippen MR) is 142 cm³/mol. The SMILES string of the molecule is Cc1cc(SCC(=O)N2N=C3/C(=C\c4ccco4)CCCC3C2c2ccco2)nc2c(C)cccc12. The van der Waals surface area contributed by atoms with E-state index in [1.54, 1.807) is 17.5 Å². The lowest BCUT2D eigenvalue weighted by Gasteiger charge is -2.27. The zero-order valence-electron chi connectivity index (χ0n) is 20.3. The summed E-state index contributed by atoms with van der Waals surface area (Å²) < 4.78 is 11.4. The van der Waals surface area contributed by atoms with Crippen molar-refractivity contribution in [1.82, 2.24) is 9.99 Å². The summed E-state index contributed by atoms with van der Waals surface area (Å²) in [7, 11) is 0. The molecule has 0 spiro atoms. The lowest BCUT2D eigenvalue weighted by atomic mass is 9.79. The quantitative estimate of drug-likeness (QED) is 0.279. The van der Waals surface area contributed by atoms with Crippen molar-refractivity contribution in [2.24, 2.45) is 11.0 Å². The van der Waals surface area contributed by atoms with E-state index in [0.29, 0.717) is 0 Å². The zero-order chi connectivity index (χ0) is 24.6. The number of thioether (sulfide) groups is 1. The number of carbonyl (C=O) groups is 1. The summed E-state index contributed by atoms with van der Waals surface area (Å²) in [6, 6.07) is 15.7. The Hall–Kier alpha value is -3.58. The van der Waals surface area contributed by atoms with Gasteiger partial charge in [0.1, 0.15) is 17.6 Å². The van der Waals surface area contributed by atoms with Gasteiger partial charge < -0.3 is 8.83 Å². The van der Waals surface area contributed by atoms with E-state index in [-0.39, 0.29) is 23.6 Å². The first-order chi connectivity index (χ1) is 17.6. The molecule has 0 saturated heterocycles. The maximum atomic E-state index is 13.6. The number of hydrazone groups is 1. The largest absolute Gasteiger partial charge is 0.467 e. The van der Waals surface area contributed by atoms with Gasteiger partial charge in [-0.15, -0.1) is 0 Å². The first-order valence-corrected chi connectivity index (χ1v) is 13.3. The lowest BCUT2D eigenvalue weighted by Crippen LogP contribution is -2.32. The Labute approximate surface area is 214 Å². The average Bonchev–Trinajstić information content (AvgIpc) is 3.64. The van der Waals surface area contributed by atoms with E-state index in [1.807, 2.05) is 24.3 Å². The highest BCUT2D eigenvalue weighted by atomic mass is 32.2. The van der Waals surface area contributed by atoms with Crippen LogP contribution in [0.3, 0.4) is 0 Å². The molecule has 0 N–H and O–H groups in total. The van der Waals surface area contributed by atoms with E-state index < -0.39 is 0 Å². The highest BCUT2D eigenvalue weighted by Crippen LogP contribution is 2.44. The van der Waals surface area contributed by atoms with Crippen molar-refractivity contribution in [3.63, 3.8) is 0 Å². The fourth-order valence-corrected chi connectivity index (χ4v) is 6.12. The van der Waals surface area contributed by atoms with Crippen molar-refractivity contribution < 1.29 is 13.6 Å². The average molecular weight is 498 g/mol. The first kappa shape index (κ1) is 22.9. The smallest absolute Gasteiger partial charge is 0.253 e. The molecule has 1 aliphatic carbocycles. The van der Waals surface area contributed by atoms with Crippen molar-refractivity contribution in [2.75, 3.05) is 5.75 Å². The molecule has 2 unspecified atom stereocenters. The molecule has 0 radical (unpaired) electrons. The minimum absolute atomic E-state index is 0.0509. The summed E-state index contributed by atoms with van der Waals surface area (Å²) in [6.45, 7) is 4.16. The Morgan fingerprint density at radius 2 is 1.97 bits per heavy atom. The molecule has 4 aromatic rings. The van der Waals surface area contributed by atoms with Crippen molar-refractivity contribution >= 4 is 40.4 Å². The van der Waals surface area contributed by atoms with Crippen LogP contribution in [0.25, 0.3) is 17.0 Å². The van der Waals surface area contributed by atoms with E-state index in [4.69, 9.17) is 18.9 Å². The lowest BCUT2D eigenvalue weighted by molar-refractivity contribution is -0.131. The monoisotopic (exact) mass is 497 g/mol. The number of hydrogen-bond donors (Lipinski definition) is 0. The number of amides is 1. The molecule has 1 aliphatic heterocycles. The summed E-state index contributed by atoms with van der Waals surface area (Å²) in [4.78, 5) is 18.4. The van der Waals surface area contributed by atoms with E-state index >= 15 is 0 Å². The summed E-state index contributed by atoms with van der Waals surface area (Å²) in [5.41, 5.74) is 5.37. The normalized spacial score (nSPS) is 20.7. The number of aromatic nitrogens is 1. The topological polar surface area (TPSA) is 71.8 Å². The number of carbonyl (C=O) groups excluding carboxylic acids is 1. The molecule has 6 rings (SSSR count). The summed E-state index contributed by atoms with van der Waals surface area (Å²) in [5.74, 6) is 1.87. The standard InChI is InChI=1S/C29H27N3O3S/c1-18-7-3-10-22-19(2)15-25(30-27(18)22)36-17-26(33)32-29(24-12-6-14-35-24)23-11-4-8-20(28(23)31-32)16-21-9-5-13-34-21/h3,5-7,9-10,12-16,23,29H,4,8,11,17H2,1-2H3/b20-16-. The number of hydrogen-bond acceptors (Lipinski definition) is 6. The molecule has 182 valence electrons. The van der Waals surface area contributed by atoms with Crippen LogP contribution in [-0.2, 0) is 4.79 Å². The van der Waals surface area contributed by atoms with Gasteiger partial charge in [-0.2, -0.15) is 5.10 Å². The second-order valence-corrected chi connectivity index (χ2v) is 10.4. The summed E-state index contributed by atoms with van der Waals surface area (Å²) >= 11 is 1.46. The first-order valence-electron chi connectivity index (χ1n) is 12.3. The number of nitrogens with zero attached hydrogens (tertiary/aromatic N) is 3. The van der Waals surface area contributed by atoms with Crippen LogP contribution in [0, 0.1) is 19.8 Å². The number of allylic oxidation sites excluding steroid dienone is 1. The van der Waals surface area contributed by atoms with Crippen molar-refractivity contribution in [3.05, 3.63) is 89.3 Å². The van der Waals surface area contributed by atoms with Crippen LogP contribution < -0.4 is 0 Å². The highest BCUT2D eigenvalue weighted by Gasteiger charge is 2.45. The molecule has 4 heterocycles. The number of pyridine rings is 1. The molecule has 0 bridgehead atoms. The fraction of sp³-hybridized carbons (Fsp3) is 0.276. The molecule has 6 nitrogen and oxygen atoms in total. The van der Waals surface area contributed by atoms with Crippen LogP contribution in [0.1, 0.15) is 48.0 Å². The van der Waals surface area contributed by atoms with Gasteiger partial charge in [0.25, 0.3) is 5.91 Å². The van der Waals surface area contributed by atoms with Crippen LogP contribution in [0.5, 0.6) is 0 Å². The van der Waals surface area contributed by atoms with Crippen molar-refractivity contribution in [1.29, 1.82) is 0 Å². The number of rotatable bonds is 5. The fourth-order valence-electron chi connectivity index (χ4n) is 5.30. The molecule has 1 saturated carbocycles. The van der Waals surface area contributed by atoms with E-state index in [2.05, 4.69) is 44.2 Å². The Balaban J connectivity index is 1.29. The van der Waals surface area contributed by atoms with Gasteiger partial charge in [-0.25, -0.2) is 9.99 Å². The molecule has 3 aromatic heterocycles. The number of benzene rings is 1. The summed E-state index contributed by atoms with van der Waals surface area (Å²) in [6.07, 6.45) is 8.29. The third-order valence-electron chi connectivity index (χ3n) is 7.02. The van der Waals surface area contributed by atoms with Crippen LogP contribution in [0.15, 0.2) is 85.6 Å². The number of fused-ring (bicyclic) bond motifs is 2. The Morgan fingerprint density at radius 1 is 1.11 bits per heavy atom. The Morgan fingerprint density at radius 3 is 2.78 bits per heavy atom. The van der Waals surface area contributed by atoms with Gasteiger partial charge in [0.2, 0.25) is 0 Å². The minimum atomic E-state index is -0.239. The van der Waals surface area contributed by atoms with Gasteiger partial charge >= 0.3 is 0 Å². The van der Waals surface area contributed by atoms with E-state index in [9.17, 15) is 4.79 Å². The van der Waals surface area contributed by atoms with E-state index in [1.165, 1.54) is 11.8 Å². The van der Waals surface area contributed by atoms with Crippen LogP contribution >= 0.6 is 11.8 Å². The third-order valence-corrected chi connectivity index (χ3v) is 7.92. The Kier molecular flexibility index (Phi) is 6.01. The Bertz CT molecular complexity index is 1470. The number of para-hydroxylation sites is 1. The minimum Gasteiger partial charge on any atom is -0.467 e. The molecule has 2 atom stereocenters. The van der Waals surface area contributed by atoms with Crippen LogP contribution in [-0.4, -0.2) is 27.4 Å². The van der Waals surface area contributed by atoms with E-state index in [0.717, 1.165) is 69.1 Å². The van der Waals surface area contributed by atoms with Crippen molar-refractivity contribution in [3.8, 4) is 0 Å². The number of furan rings is 2. The molecule has 1 aromatic carbocycles. The van der Waals surface area contributed by atoms with Gasteiger partial charge in [-0.3, -0.25) is 4.79 Å². The second-order valence-electron chi connectivity index (χ2n) is 9.40. The van der Waals surface area contributed by atoms with Gasteiger partial charge in [-0.1, -0.05) is 30.0 Å². The van der Waals surface area contributed by atoms with Crippen LogP contribution in [0.2, 0.25) is 0 Å². The molecular weight excluding hydrogens is 470 g/mol.